The monoisotopic (exact) mass is 601 g/mol. The highest BCUT2D eigenvalue weighted by Gasteiger charge is 2.32. The molecule has 0 aliphatic heterocycles. The Hall–Kier alpha value is -3.03. The minimum atomic E-state index is -4.90. The number of alkyl halides is 3. The molecule has 5 rings (SSSR count). The van der Waals surface area contributed by atoms with Crippen molar-refractivity contribution >= 4 is 57.9 Å². The van der Waals surface area contributed by atoms with E-state index in [4.69, 9.17) is 33.9 Å². The van der Waals surface area contributed by atoms with Gasteiger partial charge in [-0.1, -0.05) is 23.2 Å². The fourth-order valence-corrected chi connectivity index (χ4v) is 6.03. The van der Waals surface area contributed by atoms with E-state index in [1.807, 2.05) is 4.57 Å². The SMILES string of the molecule is NC(=O)[C@H]1CC[C@@H](n2c(Nc3c(Cl)cc(OC(F)(F)F)cc3Cl)nc3cnc(N[C@@H]4CCCC(O)C4)nc32)CC1. The molecule has 15 heteroatoms. The van der Waals surface area contributed by atoms with Gasteiger partial charge in [-0.25, -0.2) is 9.97 Å². The zero-order valence-corrected chi connectivity index (χ0v) is 22.7. The predicted octanol–water partition coefficient (Wildman–Crippen LogP) is 5.71. The molecule has 0 radical (unpaired) electrons. The molecule has 1 aromatic carbocycles. The molecule has 0 bridgehead atoms. The van der Waals surface area contributed by atoms with Crippen molar-refractivity contribution in [3.8, 4) is 5.75 Å². The van der Waals surface area contributed by atoms with Gasteiger partial charge in [-0.05, 0) is 51.4 Å². The van der Waals surface area contributed by atoms with Crippen LogP contribution in [0.2, 0.25) is 10.0 Å². The van der Waals surface area contributed by atoms with E-state index in [0.717, 1.165) is 31.4 Å². The van der Waals surface area contributed by atoms with Crippen LogP contribution in [0.4, 0.5) is 30.8 Å². The smallest absolute Gasteiger partial charge is 0.406 e. The van der Waals surface area contributed by atoms with Crippen LogP contribution in [-0.4, -0.2) is 49.0 Å². The number of primary amides is 1. The van der Waals surface area contributed by atoms with Gasteiger partial charge in [0, 0.05) is 30.1 Å². The van der Waals surface area contributed by atoms with Crippen molar-refractivity contribution in [1.29, 1.82) is 0 Å². The van der Waals surface area contributed by atoms with Crippen LogP contribution in [0.3, 0.4) is 0 Å². The first-order chi connectivity index (χ1) is 19.0. The van der Waals surface area contributed by atoms with E-state index >= 15 is 0 Å². The van der Waals surface area contributed by atoms with Gasteiger partial charge in [0.05, 0.1) is 28.0 Å². The van der Waals surface area contributed by atoms with Crippen molar-refractivity contribution in [3.05, 3.63) is 28.4 Å². The number of carbonyl (C=O) groups is 1. The molecule has 2 fully saturated rings. The maximum Gasteiger partial charge on any atom is 0.573 e. The summed E-state index contributed by atoms with van der Waals surface area (Å²) in [5, 5.41) is 16.2. The minimum Gasteiger partial charge on any atom is -0.406 e. The molecule has 2 aliphatic carbocycles. The van der Waals surface area contributed by atoms with Crippen LogP contribution < -0.4 is 21.1 Å². The Balaban J connectivity index is 1.50. The van der Waals surface area contributed by atoms with Crippen LogP contribution in [0, 0.1) is 5.92 Å². The third kappa shape index (κ3) is 6.47. The third-order valence-corrected chi connectivity index (χ3v) is 7.96. The standard InChI is InChI=1S/C25H28Cl2F3N7O3/c26-17-9-16(40-25(28,29)30)10-18(27)20(17)35-24-34-19-11-32-23(33-13-2-1-3-15(38)8-13)36-22(19)37(24)14-6-4-12(5-7-14)21(31)39/h9-15,38H,1-8H2,(H2,31,39)(H,34,35)(H,32,33,36)/t12-,13-,14+,15?/m1/s1. The summed E-state index contributed by atoms with van der Waals surface area (Å²) in [7, 11) is 0. The lowest BCUT2D eigenvalue weighted by Gasteiger charge is -2.29. The van der Waals surface area contributed by atoms with Crippen molar-refractivity contribution in [1.82, 2.24) is 19.5 Å². The minimum absolute atomic E-state index is 0.0243. The summed E-state index contributed by atoms with van der Waals surface area (Å²) in [6.07, 6.45) is 1.84. The van der Waals surface area contributed by atoms with Crippen LogP contribution in [0.25, 0.3) is 11.2 Å². The van der Waals surface area contributed by atoms with E-state index < -0.39 is 12.1 Å². The number of anilines is 3. The molecule has 1 unspecified atom stereocenters. The number of hydrogen-bond acceptors (Lipinski definition) is 8. The van der Waals surface area contributed by atoms with Crippen LogP contribution in [-0.2, 0) is 4.79 Å². The molecule has 1 amide bonds. The number of rotatable bonds is 7. The molecule has 10 nitrogen and oxygen atoms in total. The first-order valence-corrected chi connectivity index (χ1v) is 13.7. The van der Waals surface area contributed by atoms with Crippen LogP contribution >= 0.6 is 23.2 Å². The summed E-state index contributed by atoms with van der Waals surface area (Å²) >= 11 is 12.6. The summed E-state index contributed by atoms with van der Waals surface area (Å²) < 4.78 is 44.0. The number of aromatic nitrogens is 4. The predicted molar refractivity (Wildman–Crippen MR) is 144 cm³/mol. The Morgan fingerprint density at radius 1 is 1.10 bits per heavy atom. The van der Waals surface area contributed by atoms with E-state index in [9.17, 15) is 23.1 Å². The molecule has 0 saturated heterocycles. The molecule has 2 saturated carbocycles. The number of amides is 1. The largest absolute Gasteiger partial charge is 0.573 e. The zero-order chi connectivity index (χ0) is 28.6. The molecule has 40 heavy (non-hydrogen) atoms. The molecule has 216 valence electrons. The molecule has 2 aliphatic rings. The Bertz CT molecular complexity index is 1370. The lowest BCUT2D eigenvalue weighted by molar-refractivity contribution is -0.274. The van der Waals surface area contributed by atoms with Gasteiger partial charge in [0.25, 0.3) is 0 Å². The molecule has 2 atom stereocenters. The second kappa shape index (κ2) is 11.5. The summed E-state index contributed by atoms with van der Waals surface area (Å²) in [5.41, 5.74) is 6.66. The summed E-state index contributed by atoms with van der Waals surface area (Å²) in [5.74, 6) is -0.423. The number of nitrogens with two attached hydrogens (primary N) is 1. The summed E-state index contributed by atoms with van der Waals surface area (Å²) in [4.78, 5) is 25.5. The van der Waals surface area contributed by atoms with Crippen molar-refractivity contribution in [2.24, 2.45) is 11.7 Å². The number of aliphatic hydroxyl groups is 1. The number of nitrogens with one attached hydrogen (secondary N) is 2. The Morgan fingerprint density at radius 3 is 2.42 bits per heavy atom. The maximum absolute atomic E-state index is 12.7. The molecule has 0 spiro atoms. The third-order valence-electron chi connectivity index (χ3n) is 7.36. The molecule has 2 aromatic heterocycles. The van der Waals surface area contributed by atoms with Crippen molar-refractivity contribution < 1.29 is 27.8 Å². The Kier molecular flexibility index (Phi) is 8.16. The van der Waals surface area contributed by atoms with Gasteiger partial charge in [-0.15, -0.1) is 13.2 Å². The number of hydrogen-bond donors (Lipinski definition) is 4. The number of benzene rings is 1. The zero-order valence-electron chi connectivity index (χ0n) is 21.2. The summed E-state index contributed by atoms with van der Waals surface area (Å²) in [6.45, 7) is 0. The average molecular weight is 602 g/mol. The van der Waals surface area contributed by atoms with Gasteiger partial charge >= 0.3 is 6.36 Å². The van der Waals surface area contributed by atoms with Gasteiger partial charge in [0.2, 0.25) is 17.8 Å². The lowest BCUT2D eigenvalue weighted by atomic mass is 9.85. The first-order valence-electron chi connectivity index (χ1n) is 13.0. The normalized spacial score (nSPS) is 23.6. The fourth-order valence-electron chi connectivity index (χ4n) is 5.46. The van der Waals surface area contributed by atoms with Crippen LogP contribution in [0.5, 0.6) is 5.75 Å². The van der Waals surface area contributed by atoms with Crippen LogP contribution in [0.15, 0.2) is 18.3 Å². The van der Waals surface area contributed by atoms with Crippen molar-refractivity contribution in [2.45, 2.75) is 75.9 Å². The number of nitrogens with zero attached hydrogens (tertiary/aromatic N) is 4. The number of carbonyl (C=O) groups excluding carboxylic acids is 1. The van der Waals surface area contributed by atoms with Crippen LogP contribution in [0.1, 0.15) is 57.4 Å². The first kappa shape index (κ1) is 28.5. The maximum atomic E-state index is 12.7. The molecule has 2 heterocycles. The average Bonchev–Trinajstić information content (AvgIpc) is 3.22. The second-order valence-electron chi connectivity index (χ2n) is 10.2. The van der Waals surface area contributed by atoms with E-state index in [1.165, 1.54) is 0 Å². The van der Waals surface area contributed by atoms with E-state index in [1.54, 1.807) is 6.20 Å². The lowest BCUT2D eigenvalue weighted by Crippen LogP contribution is -2.30. The highest BCUT2D eigenvalue weighted by atomic mass is 35.5. The second-order valence-corrected chi connectivity index (χ2v) is 11.0. The van der Waals surface area contributed by atoms with E-state index in [0.29, 0.717) is 55.2 Å². The highest BCUT2D eigenvalue weighted by molar-refractivity contribution is 6.39. The topological polar surface area (TPSA) is 140 Å². The summed E-state index contributed by atoms with van der Waals surface area (Å²) in [6, 6.07) is 1.92. The Labute approximate surface area is 237 Å². The molecular formula is C25H28Cl2F3N7O3. The molecule has 3 aromatic rings. The van der Waals surface area contributed by atoms with Gasteiger partial charge in [-0.3, -0.25) is 9.36 Å². The van der Waals surface area contributed by atoms with E-state index in [2.05, 4.69) is 25.3 Å². The number of halogens is 5. The Morgan fingerprint density at radius 2 is 1.80 bits per heavy atom. The quantitative estimate of drug-likeness (QED) is 0.270. The molecule has 5 N–H and O–H groups in total. The van der Waals surface area contributed by atoms with Gasteiger partial charge in [0.15, 0.2) is 5.65 Å². The molecular weight excluding hydrogens is 574 g/mol. The van der Waals surface area contributed by atoms with Gasteiger partial charge in [0.1, 0.15) is 11.3 Å². The van der Waals surface area contributed by atoms with Gasteiger partial charge in [-0.2, -0.15) is 4.98 Å². The number of ether oxygens (including phenoxy) is 1. The van der Waals surface area contributed by atoms with E-state index in [-0.39, 0.29) is 45.7 Å². The van der Waals surface area contributed by atoms with Crippen molar-refractivity contribution in [3.63, 3.8) is 0 Å². The highest BCUT2D eigenvalue weighted by Crippen LogP contribution is 2.41. The van der Waals surface area contributed by atoms with Crippen molar-refractivity contribution in [2.75, 3.05) is 10.6 Å². The van der Waals surface area contributed by atoms with Gasteiger partial charge < -0.3 is 26.2 Å². The number of aliphatic hydroxyl groups excluding tert-OH is 1. The number of imidazole rings is 1. The fraction of sp³-hybridized carbons (Fsp3) is 0.520. The number of fused-ring (bicyclic) bond motifs is 1.